The summed E-state index contributed by atoms with van der Waals surface area (Å²) >= 11 is 0. The highest BCUT2D eigenvalue weighted by Crippen LogP contribution is 2.30. The van der Waals surface area contributed by atoms with E-state index in [9.17, 15) is 18.0 Å². The van der Waals surface area contributed by atoms with E-state index in [-0.39, 0.29) is 11.1 Å². The Kier molecular flexibility index (Phi) is 3.37. The molecular weight excluding hydrogens is 221 g/mol. The molecule has 1 N–H and O–H groups in total. The molecule has 1 aromatic carbocycles. The number of alkyl halides is 3. The Bertz CT molecular complexity index is 433. The van der Waals surface area contributed by atoms with E-state index in [2.05, 4.69) is 6.07 Å². The summed E-state index contributed by atoms with van der Waals surface area (Å²) < 4.78 is 37.0. The molecule has 0 saturated heterocycles. The smallest absolute Gasteiger partial charge is 0.416 e. The molecule has 0 aromatic heterocycles. The van der Waals surface area contributed by atoms with Gasteiger partial charge in [-0.25, -0.2) is 4.79 Å². The van der Waals surface area contributed by atoms with Crippen LogP contribution < -0.4 is 0 Å². The number of allylic oxidation sites excluding steroid dienone is 1. The molecule has 0 heterocycles. The van der Waals surface area contributed by atoms with E-state index in [0.29, 0.717) is 0 Å². The molecule has 1 aromatic rings. The van der Waals surface area contributed by atoms with Crippen LogP contribution in [0.1, 0.15) is 18.1 Å². The van der Waals surface area contributed by atoms with Gasteiger partial charge in [0, 0.05) is 6.08 Å². The summed E-state index contributed by atoms with van der Waals surface area (Å²) in [7, 11) is 0. The molecule has 2 nitrogen and oxygen atoms in total. The lowest BCUT2D eigenvalue weighted by molar-refractivity contribution is -0.137. The number of carboxylic acid groups (broad SMARTS) is 1. The highest BCUT2D eigenvalue weighted by molar-refractivity contribution is 5.89. The maximum Gasteiger partial charge on any atom is 0.416 e. The van der Waals surface area contributed by atoms with E-state index in [0.717, 1.165) is 18.2 Å². The summed E-state index contributed by atoms with van der Waals surface area (Å²) in [6.45, 7) is 1.43. The number of rotatable bonds is 2. The van der Waals surface area contributed by atoms with Crippen LogP contribution in [0.15, 0.2) is 24.3 Å². The average Bonchev–Trinajstić information content (AvgIpc) is 2.15. The second-order valence-corrected chi connectivity index (χ2v) is 3.17. The topological polar surface area (TPSA) is 37.3 Å². The SMILES string of the molecule is C/C(=C\C(=O)O)c1c[c]cc(C(F)(F)F)c1. The van der Waals surface area contributed by atoms with Gasteiger partial charge in [0.05, 0.1) is 5.56 Å². The summed E-state index contributed by atoms with van der Waals surface area (Å²) in [5, 5.41) is 8.47. The molecule has 0 spiro atoms. The molecule has 0 amide bonds. The van der Waals surface area contributed by atoms with Gasteiger partial charge < -0.3 is 5.11 Å². The van der Waals surface area contributed by atoms with Gasteiger partial charge in [0.25, 0.3) is 0 Å². The average molecular weight is 229 g/mol. The molecule has 0 atom stereocenters. The Morgan fingerprint density at radius 3 is 2.56 bits per heavy atom. The van der Waals surface area contributed by atoms with Gasteiger partial charge in [-0.1, -0.05) is 0 Å². The standard InChI is InChI=1S/C11H8F3O2/c1-7(5-10(15)16)8-3-2-4-9(6-8)11(12,13)14/h3-6H,1H3,(H,15,16)/b7-5+. The summed E-state index contributed by atoms with van der Waals surface area (Å²) in [5.41, 5.74) is -0.407. The molecule has 85 valence electrons. The fourth-order valence-corrected chi connectivity index (χ4v) is 1.13. The Balaban J connectivity index is 3.13. The summed E-state index contributed by atoms with van der Waals surface area (Å²) in [4.78, 5) is 10.4. The maximum atomic E-state index is 12.3. The van der Waals surface area contributed by atoms with Crippen LogP contribution in [0.5, 0.6) is 0 Å². The third kappa shape index (κ3) is 3.12. The monoisotopic (exact) mass is 229 g/mol. The van der Waals surface area contributed by atoms with Crippen LogP contribution in [0.25, 0.3) is 5.57 Å². The predicted molar refractivity (Wildman–Crippen MR) is 51.6 cm³/mol. The van der Waals surface area contributed by atoms with E-state index in [1.165, 1.54) is 13.0 Å². The van der Waals surface area contributed by atoms with Gasteiger partial charge in [-0.3, -0.25) is 0 Å². The lowest BCUT2D eigenvalue weighted by atomic mass is 10.0. The van der Waals surface area contributed by atoms with Crippen molar-refractivity contribution in [3.05, 3.63) is 41.5 Å². The number of hydrogen-bond donors (Lipinski definition) is 1. The fourth-order valence-electron chi connectivity index (χ4n) is 1.13. The summed E-state index contributed by atoms with van der Waals surface area (Å²) in [5.74, 6) is -1.20. The Morgan fingerprint density at radius 2 is 2.06 bits per heavy atom. The molecule has 0 aliphatic rings. The molecule has 16 heavy (non-hydrogen) atoms. The fraction of sp³-hybridized carbons (Fsp3) is 0.182. The van der Waals surface area contributed by atoms with Crippen LogP contribution in [-0.4, -0.2) is 11.1 Å². The Morgan fingerprint density at radius 1 is 1.44 bits per heavy atom. The van der Waals surface area contributed by atoms with Crippen LogP contribution in [0.3, 0.4) is 0 Å². The molecule has 0 aliphatic heterocycles. The van der Waals surface area contributed by atoms with Crippen LogP contribution in [-0.2, 0) is 11.0 Å². The molecule has 0 unspecified atom stereocenters. The van der Waals surface area contributed by atoms with Crippen molar-refractivity contribution < 1.29 is 23.1 Å². The highest BCUT2D eigenvalue weighted by atomic mass is 19.4. The summed E-state index contributed by atoms with van der Waals surface area (Å²) in [6, 6.07) is 5.36. The van der Waals surface area contributed by atoms with Gasteiger partial charge >= 0.3 is 12.1 Å². The Hall–Kier alpha value is -1.78. The minimum absolute atomic E-state index is 0.192. The first-order valence-corrected chi connectivity index (χ1v) is 4.30. The van der Waals surface area contributed by atoms with Gasteiger partial charge in [0.2, 0.25) is 0 Å². The van der Waals surface area contributed by atoms with Crippen LogP contribution in [0, 0.1) is 6.07 Å². The van der Waals surface area contributed by atoms with Crippen molar-refractivity contribution in [2.75, 3.05) is 0 Å². The predicted octanol–water partition coefficient (Wildman–Crippen LogP) is 2.99. The molecule has 5 heteroatoms. The molecular formula is C11H8F3O2. The third-order valence-corrected chi connectivity index (χ3v) is 1.91. The van der Waals surface area contributed by atoms with Crippen LogP contribution in [0.2, 0.25) is 0 Å². The number of hydrogen-bond acceptors (Lipinski definition) is 1. The van der Waals surface area contributed by atoms with Gasteiger partial charge in [0.15, 0.2) is 0 Å². The first-order chi connectivity index (χ1) is 7.30. The van der Waals surface area contributed by atoms with Crippen molar-refractivity contribution in [3.63, 3.8) is 0 Å². The van der Waals surface area contributed by atoms with Crippen molar-refractivity contribution in [2.45, 2.75) is 13.1 Å². The molecule has 0 fully saturated rings. The normalized spacial score (nSPS) is 12.6. The number of carbonyl (C=O) groups is 1. The van der Waals surface area contributed by atoms with E-state index in [4.69, 9.17) is 5.11 Å². The zero-order chi connectivity index (χ0) is 12.3. The van der Waals surface area contributed by atoms with Crippen LogP contribution >= 0.6 is 0 Å². The zero-order valence-corrected chi connectivity index (χ0v) is 8.30. The number of benzene rings is 1. The van der Waals surface area contributed by atoms with E-state index < -0.39 is 17.7 Å². The lowest BCUT2D eigenvalue weighted by Gasteiger charge is -2.08. The summed E-state index contributed by atoms with van der Waals surface area (Å²) in [6.07, 6.45) is -3.60. The zero-order valence-electron chi connectivity index (χ0n) is 8.30. The van der Waals surface area contributed by atoms with E-state index in [1.54, 1.807) is 0 Å². The van der Waals surface area contributed by atoms with Gasteiger partial charge in [-0.15, -0.1) is 0 Å². The third-order valence-electron chi connectivity index (χ3n) is 1.91. The molecule has 1 radical (unpaired) electrons. The second-order valence-electron chi connectivity index (χ2n) is 3.17. The number of aliphatic carboxylic acids is 1. The largest absolute Gasteiger partial charge is 0.478 e. The molecule has 0 bridgehead atoms. The molecule has 0 saturated carbocycles. The quantitative estimate of drug-likeness (QED) is 0.791. The second kappa shape index (κ2) is 4.38. The number of halogens is 3. The van der Waals surface area contributed by atoms with Crippen molar-refractivity contribution in [2.24, 2.45) is 0 Å². The highest BCUT2D eigenvalue weighted by Gasteiger charge is 2.30. The Labute approximate surface area is 90.0 Å². The van der Waals surface area contributed by atoms with Gasteiger partial charge in [-0.05, 0) is 42.3 Å². The maximum absolute atomic E-state index is 12.3. The van der Waals surface area contributed by atoms with Gasteiger partial charge in [0.1, 0.15) is 0 Å². The van der Waals surface area contributed by atoms with Crippen molar-refractivity contribution in [3.8, 4) is 0 Å². The van der Waals surface area contributed by atoms with Gasteiger partial charge in [-0.2, -0.15) is 13.2 Å². The minimum Gasteiger partial charge on any atom is -0.478 e. The first kappa shape index (κ1) is 12.3. The van der Waals surface area contributed by atoms with Crippen LogP contribution in [0.4, 0.5) is 13.2 Å². The van der Waals surface area contributed by atoms with Crippen molar-refractivity contribution in [1.82, 2.24) is 0 Å². The number of carboxylic acids is 1. The van der Waals surface area contributed by atoms with Crippen molar-refractivity contribution >= 4 is 11.5 Å². The molecule has 0 aliphatic carbocycles. The minimum atomic E-state index is -4.45. The van der Waals surface area contributed by atoms with Crippen molar-refractivity contribution in [1.29, 1.82) is 0 Å². The van der Waals surface area contributed by atoms with E-state index >= 15 is 0 Å². The lowest BCUT2D eigenvalue weighted by Crippen LogP contribution is -2.05. The molecule has 1 rings (SSSR count). The first-order valence-electron chi connectivity index (χ1n) is 4.30. The van der Waals surface area contributed by atoms with E-state index in [1.807, 2.05) is 0 Å².